The Kier molecular flexibility index (Phi) is 4.81. The van der Waals surface area contributed by atoms with Gasteiger partial charge in [-0.3, -0.25) is 14.9 Å². The molecule has 9 heteroatoms. The highest BCUT2D eigenvalue weighted by Crippen LogP contribution is 2.24. The van der Waals surface area contributed by atoms with Gasteiger partial charge in [0.05, 0.1) is 23.1 Å². The van der Waals surface area contributed by atoms with E-state index >= 15 is 0 Å². The highest BCUT2D eigenvalue weighted by atomic mass is 32.1. The molecule has 26 heavy (non-hydrogen) atoms. The molecule has 0 aliphatic heterocycles. The van der Waals surface area contributed by atoms with Gasteiger partial charge < -0.3 is 4.90 Å². The second-order valence-electron chi connectivity index (χ2n) is 5.83. The molecule has 0 unspecified atom stereocenters. The smallest absolute Gasteiger partial charge is 0.265 e. The van der Waals surface area contributed by atoms with E-state index in [4.69, 9.17) is 0 Å². The molecule has 0 saturated carbocycles. The molecule has 0 bridgehead atoms. The van der Waals surface area contributed by atoms with Crippen molar-refractivity contribution in [1.82, 2.24) is 24.6 Å². The quantitative estimate of drug-likeness (QED) is 0.761. The van der Waals surface area contributed by atoms with E-state index in [-0.39, 0.29) is 11.8 Å². The van der Waals surface area contributed by atoms with Crippen LogP contribution in [0.5, 0.6) is 0 Å². The summed E-state index contributed by atoms with van der Waals surface area (Å²) in [6.07, 6.45) is 3.16. The van der Waals surface area contributed by atoms with Crippen LogP contribution in [0, 0.1) is 13.8 Å². The molecule has 0 spiro atoms. The van der Waals surface area contributed by atoms with E-state index in [1.165, 1.54) is 11.1 Å². The molecule has 3 aromatic heterocycles. The monoisotopic (exact) mass is 370 g/mol. The van der Waals surface area contributed by atoms with Crippen LogP contribution in [0.1, 0.15) is 31.4 Å². The van der Waals surface area contributed by atoms with E-state index in [1.54, 1.807) is 38.8 Å². The molecule has 0 aromatic carbocycles. The van der Waals surface area contributed by atoms with E-state index in [0.29, 0.717) is 32.8 Å². The number of hydrogen-bond acceptors (Lipinski definition) is 6. The summed E-state index contributed by atoms with van der Waals surface area (Å²) in [5.41, 5.74) is 1.67. The maximum Gasteiger partial charge on any atom is 0.265 e. The first kappa shape index (κ1) is 17.7. The molecule has 3 rings (SSSR count). The van der Waals surface area contributed by atoms with Gasteiger partial charge >= 0.3 is 0 Å². The lowest BCUT2D eigenvalue weighted by molar-refractivity contribution is 0.0831. The van der Waals surface area contributed by atoms with Crippen molar-refractivity contribution in [1.29, 1.82) is 0 Å². The summed E-state index contributed by atoms with van der Waals surface area (Å²) in [5.74, 6) is 0.162. The molecule has 1 N–H and O–H groups in total. The highest BCUT2D eigenvalue weighted by molar-refractivity contribution is 7.17. The number of anilines is 1. The number of aromatic nitrogens is 4. The van der Waals surface area contributed by atoms with Crippen molar-refractivity contribution in [3.8, 4) is 5.82 Å². The van der Waals surface area contributed by atoms with Crippen molar-refractivity contribution in [3.63, 3.8) is 0 Å². The van der Waals surface area contributed by atoms with Gasteiger partial charge in [-0.05, 0) is 26.0 Å². The van der Waals surface area contributed by atoms with Crippen molar-refractivity contribution >= 4 is 28.3 Å². The lowest BCUT2D eigenvalue weighted by atomic mass is 10.2. The van der Waals surface area contributed by atoms with Crippen molar-refractivity contribution < 1.29 is 9.59 Å². The normalized spacial score (nSPS) is 10.6. The van der Waals surface area contributed by atoms with Gasteiger partial charge in [-0.2, -0.15) is 5.10 Å². The van der Waals surface area contributed by atoms with Crippen molar-refractivity contribution in [2.45, 2.75) is 13.8 Å². The van der Waals surface area contributed by atoms with Crippen LogP contribution < -0.4 is 5.32 Å². The number of hydrogen-bond donors (Lipinski definition) is 1. The largest absolute Gasteiger partial charge is 0.344 e. The minimum atomic E-state index is -0.331. The number of carbonyl (C=O) groups excluding carboxylic acids is 2. The summed E-state index contributed by atoms with van der Waals surface area (Å²) >= 11 is 1.15. The fourth-order valence-electron chi connectivity index (χ4n) is 2.36. The zero-order valence-electron chi connectivity index (χ0n) is 14.8. The van der Waals surface area contributed by atoms with Gasteiger partial charge in [0.15, 0.2) is 10.9 Å². The predicted molar refractivity (Wildman–Crippen MR) is 98.9 cm³/mol. The number of aryl methyl sites for hydroxylation is 1. The fourth-order valence-corrected chi connectivity index (χ4v) is 3.34. The predicted octanol–water partition coefficient (Wildman–Crippen LogP) is 2.29. The molecule has 3 aromatic rings. The molecule has 134 valence electrons. The molecule has 0 fully saturated rings. The van der Waals surface area contributed by atoms with Gasteiger partial charge in [0.1, 0.15) is 4.88 Å². The number of pyridine rings is 1. The average molecular weight is 370 g/mol. The van der Waals surface area contributed by atoms with Crippen LogP contribution in [0.3, 0.4) is 0 Å². The van der Waals surface area contributed by atoms with Crippen LogP contribution in [0.2, 0.25) is 0 Å². The summed E-state index contributed by atoms with van der Waals surface area (Å²) in [7, 11) is 3.35. The summed E-state index contributed by atoms with van der Waals surface area (Å²) in [5, 5.41) is 7.36. The number of rotatable bonds is 4. The van der Waals surface area contributed by atoms with Crippen molar-refractivity contribution in [3.05, 3.63) is 52.4 Å². The second-order valence-corrected chi connectivity index (χ2v) is 6.83. The zero-order chi connectivity index (χ0) is 18.8. The standard InChI is InChI=1S/C17H18N6O2S/c1-10-14(16(25)22(3)4)26-17(20-10)21-15(24)12-9-19-23(11(12)2)13-7-5-6-8-18-13/h5-9H,1-4H3,(H,20,21,24). The third-order valence-corrected chi connectivity index (χ3v) is 4.80. The Labute approximate surface area is 154 Å². The molecule has 8 nitrogen and oxygen atoms in total. The Hall–Kier alpha value is -3.07. The Balaban J connectivity index is 1.83. The molecule has 0 aliphatic carbocycles. The van der Waals surface area contributed by atoms with Crippen LogP contribution in [0.15, 0.2) is 30.6 Å². The molecule has 2 amide bonds. The average Bonchev–Trinajstić information content (AvgIpc) is 3.17. The van der Waals surface area contributed by atoms with Gasteiger partial charge in [-0.25, -0.2) is 14.6 Å². The van der Waals surface area contributed by atoms with Gasteiger partial charge in [-0.1, -0.05) is 17.4 Å². The maximum absolute atomic E-state index is 12.6. The van der Waals surface area contributed by atoms with Crippen molar-refractivity contribution in [2.24, 2.45) is 0 Å². The first-order valence-corrected chi connectivity index (χ1v) is 8.66. The van der Waals surface area contributed by atoms with Gasteiger partial charge in [-0.15, -0.1) is 0 Å². The summed E-state index contributed by atoms with van der Waals surface area (Å²) in [4.78, 5) is 35.2. The third kappa shape index (κ3) is 3.33. The third-order valence-electron chi connectivity index (χ3n) is 3.74. The maximum atomic E-state index is 12.6. The Morgan fingerprint density at radius 1 is 1.23 bits per heavy atom. The molecule has 3 heterocycles. The van der Waals surface area contributed by atoms with Crippen LogP contribution in [0.25, 0.3) is 5.82 Å². The first-order valence-electron chi connectivity index (χ1n) is 7.85. The van der Waals surface area contributed by atoms with Crippen LogP contribution in [-0.2, 0) is 0 Å². The van der Waals surface area contributed by atoms with E-state index in [0.717, 1.165) is 11.3 Å². The van der Waals surface area contributed by atoms with Gasteiger partial charge in [0.2, 0.25) is 0 Å². The van der Waals surface area contributed by atoms with Crippen LogP contribution >= 0.6 is 11.3 Å². The number of amides is 2. The number of thiazole rings is 1. The SMILES string of the molecule is Cc1nc(NC(=O)c2cnn(-c3ccccn3)c2C)sc1C(=O)N(C)C. The molecule has 0 radical (unpaired) electrons. The minimum Gasteiger partial charge on any atom is -0.344 e. The minimum absolute atomic E-state index is 0.139. The van der Waals surface area contributed by atoms with E-state index in [9.17, 15) is 9.59 Å². The topological polar surface area (TPSA) is 93.0 Å². The molecule has 0 atom stereocenters. The molecular weight excluding hydrogens is 352 g/mol. The van der Waals surface area contributed by atoms with E-state index in [2.05, 4.69) is 20.4 Å². The first-order chi connectivity index (χ1) is 12.4. The second kappa shape index (κ2) is 7.04. The summed E-state index contributed by atoms with van der Waals surface area (Å²) < 4.78 is 1.60. The lowest BCUT2D eigenvalue weighted by Gasteiger charge is -2.07. The Bertz CT molecular complexity index is 961. The van der Waals surface area contributed by atoms with Crippen LogP contribution in [0.4, 0.5) is 5.13 Å². The highest BCUT2D eigenvalue weighted by Gasteiger charge is 2.20. The van der Waals surface area contributed by atoms with Crippen molar-refractivity contribution in [2.75, 3.05) is 19.4 Å². The Morgan fingerprint density at radius 3 is 2.65 bits per heavy atom. The zero-order valence-corrected chi connectivity index (χ0v) is 15.7. The Morgan fingerprint density at radius 2 is 2.00 bits per heavy atom. The van der Waals surface area contributed by atoms with E-state index < -0.39 is 0 Å². The van der Waals surface area contributed by atoms with Crippen LogP contribution in [-0.4, -0.2) is 50.6 Å². The molecular formula is C17H18N6O2S. The summed E-state index contributed by atoms with van der Waals surface area (Å²) in [6.45, 7) is 3.54. The fraction of sp³-hybridized carbons (Fsp3) is 0.235. The number of nitrogens with one attached hydrogen (secondary N) is 1. The van der Waals surface area contributed by atoms with Gasteiger partial charge in [0.25, 0.3) is 11.8 Å². The molecule has 0 aliphatic rings. The molecule has 0 saturated heterocycles. The number of carbonyl (C=O) groups is 2. The summed E-state index contributed by atoms with van der Waals surface area (Å²) in [6, 6.07) is 5.48. The van der Waals surface area contributed by atoms with Gasteiger partial charge in [0, 0.05) is 20.3 Å². The number of nitrogens with zero attached hydrogens (tertiary/aromatic N) is 5. The lowest BCUT2D eigenvalue weighted by Crippen LogP contribution is -2.21. The van der Waals surface area contributed by atoms with E-state index in [1.807, 2.05) is 18.2 Å².